The van der Waals surface area contributed by atoms with Gasteiger partial charge in [0.05, 0.1) is 13.0 Å². The first-order valence-electron chi connectivity index (χ1n) is 10.6. The van der Waals surface area contributed by atoms with Gasteiger partial charge in [0.15, 0.2) is 0 Å². The van der Waals surface area contributed by atoms with E-state index in [1.165, 1.54) is 19.3 Å². The molecule has 4 atom stereocenters. The molecule has 1 heterocycles. The molecule has 0 radical (unpaired) electrons. The van der Waals surface area contributed by atoms with Gasteiger partial charge in [0.25, 0.3) is 0 Å². The molecule has 32 heavy (non-hydrogen) atoms. The summed E-state index contributed by atoms with van der Waals surface area (Å²) in [5.41, 5.74) is 0. The molecule has 1 amide bonds. The summed E-state index contributed by atoms with van der Waals surface area (Å²) < 4.78 is 45.3. The van der Waals surface area contributed by atoms with E-state index in [1.807, 2.05) is 0 Å². The normalized spacial score (nSPS) is 25.6. The van der Waals surface area contributed by atoms with Crippen LogP contribution in [0, 0.1) is 24.7 Å². The Hall–Kier alpha value is -2.85. The van der Waals surface area contributed by atoms with Crippen LogP contribution in [-0.4, -0.2) is 53.8 Å². The van der Waals surface area contributed by atoms with Crippen LogP contribution >= 0.6 is 0 Å². The molecule has 0 saturated heterocycles. The number of hydrogen-bond acceptors (Lipinski definition) is 7. The van der Waals surface area contributed by atoms with Gasteiger partial charge in [-0.05, 0) is 38.3 Å². The highest BCUT2D eigenvalue weighted by atomic mass is 19.4. The van der Waals surface area contributed by atoms with Crippen molar-refractivity contribution in [2.75, 3.05) is 31.3 Å². The van der Waals surface area contributed by atoms with Crippen LogP contribution in [0.2, 0.25) is 0 Å². The molecule has 1 unspecified atom stereocenters. The van der Waals surface area contributed by atoms with Gasteiger partial charge in [-0.1, -0.05) is 12.5 Å². The van der Waals surface area contributed by atoms with E-state index in [4.69, 9.17) is 4.74 Å². The Labute approximate surface area is 185 Å². The predicted molar refractivity (Wildman–Crippen MR) is 114 cm³/mol. The fraction of sp³-hybridized carbons (Fsp3) is 0.619. The van der Waals surface area contributed by atoms with Crippen molar-refractivity contribution in [2.45, 2.75) is 44.8 Å². The summed E-state index contributed by atoms with van der Waals surface area (Å²) in [5.74, 6) is -1.44. The van der Waals surface area contributed by atoms with E-state index in [0.717, 1.165) is 18.9 Å². The number of aromatic nitrogens is 3. The predicted octanol–water partition coefficient (Wildman–Crippen LogP) is 3.20. The lowest BCUT2D eigenvalue weighted by molar-refractivity contribution is -0.171. The average Bonchev–Trinajstić information content (AvgIpc) is 2.76. The zero-order valence-corrected chi connectivity index (χ0v) is 18.4. The van der Waals surface area contributed by atoms with Crippen LogP contribution < -0.4 is 16.0 Å². The molecule has 3 rings (SSSR count). The summed E-state index contributed by atoms with van der Waals surface area (Å²) >= 11 is 0. The number of carbonyl (C=O) groups is 1. The van der Waals surface area contributed by atoms with E-state index in [0.29, 0.717) is 30.6 Å². The van der Waals surface area contributed by atoms with E-state index in [2.05, 4.69) is 30.9 Å². The maximum absolute atomic E-state index is 13.4. The summed E-state index contributed by atoms with van der Waals surface area (Å²) in [6.07, 6.45) is 2.54. The lowest BCUT2D eigenvalue weighted by Gasteiger charge is -2.31. The molecule has 1 aromatic rings. The first kappa shape index (κ1) is 23.8. The number of alkyl halides is 3. The van der Waals surface area contributed by atoms with Gasteiger partial charge >= 0.3 is 6.18 Å². The maximum Gasteiger partial charge on any atom is 0.395 e. The number of ether oxygens (including phenoxy) is 1. The molecule has 1 aromatic heterocycles. The average molecular weight is 454 g/mol. The Morgan fingerprint density at radius 3 is 2.66 bits per heavy atom. The lowest BCUT2D eigenvalue weighted by atomic mass is 9.84. The molecular formula is C21H29F3N6O2. The van der Waals surface area contributed by atoms with Crippen molar-refractivity contribution in [3.63, 3.8) is 0 Å². The van der Waals surface area contributed by atoms with E-state index < -0.39 is 18.0 Å². The highest BCUT2D eigenvalue weighted by Crippen LogP contribution is 2.37. The van der Waals surface area contributed by atoms with Crippen molar-refractivity contribution < 1.29 is 22.7 Å². The minimum Gasteiger partial charge on any atom is -0.497 e. The van der Waals surface area contributed by atoms with Gasteiger partial charge in [-0.25, -0.2) is 0 Å². The zero-order valence-electron chi connectivity index (χ0n) is 18.4. The number of nitrogens with zero attached hydrogens (tertiary/aromatic N) is 3. The fourth-order valence-corrected chi connectivity index (χ4v) is 4.13. The number of nitrogens with one attached hydrogen (secondary N) is 3. The Morgan fingerprint density at radius 2 is 1.97 bits per heavy atom. The molecule has 3 N–H and O–H groups in total. The van der Waals surface area contributed by atoms with Gasteiger partial charge in [0.2, 0.25) is 17.8 Å². The van der Waals surface area contributed by atoms with Crippen molar-refractivity contribution in [1.29, 1.82) is 0 Å². The molecule has 8 nitrogen and oxygen atoms in total. The molecule has 1 fully saturated rings. The third kappa shape index (κ3) is 6.10. The van der Waals surface area contributed by atoms with Crippen LogP contribution in [0.25, 0.3) is 0 Å². The summed E-state index contributed by atoms with van der Waals surface area (Å²) in [4.78, 5) is 25.5. The molecule has 176 valence electrons. The molecule has 0 spiro atoms. The SMILES string of the molecule is CNc1nc(C)nc(N[C@H]2CCC[C@@H](C(=O)NC[C@H]3C=CC(OC)=CC3C(F)(F)F)C2)n1. The lowest BCUT2D eigenvalue weighted by Crippen LogP contribution is -2.42. The van der Waals surface area contributed by atoms with Crippen LogP contribution in [0.5, 0.6) is 0 Å². The third-order valence-electron chi connectivity index (χ3n) is 5.79. The zero-order chi connectivity index (χ0) is 23.3. The van der Waals surface area contributed by atoms with Crippen LogP contribution in [-0.2, 0) is 9.53 Å². The summed E-state index contributed by atoms with van der Waals surface area (Å²) in [6.45, 7) is 1.68. The molecule has 11 heteroatoms. The molecule has 0 aromatic carbocycles. The monoisotopic (exact) mass is 454 g/mol. The number of carbonyl (C=O) groups excluding carboxylic acids is 1. The number of aryl methyl sites for hydroxylation is 1. The number of amides is 1. The molecule has 0 aliphatic heterocycles. The molecular weight excluding hydrogens is 425 g/mol. The van der Waals surface area contributed by atoms with E-state index in [-0.39, 0.29) is 30.2 Å². The highest BCUT2D eigenvalue weighted by molar-refractivity contribution is 5.78. The van der Waals surface area contributed by atoms with Gasteiger partial charge < -0.3 is 20.7 Å². The van der Waals surface area contributed by atoms with Crippen molar-refractivity contribution in [2.24, 2.45) is 17.8 Å². The van der Waals surface area contributed by atoms with Gasteiger partial charge in [-0.3, -0.25) is 4.79 Å². The fourth-order valence-electron chi connectivity index (χ4n) is 4.13. The first-order chi connectivity index (χ1) is 15.2. The number of methoxy groups -OCH3 is 1. The maximum atomic E-state index is 13.4. The second-order valence-corrected chi connectivity index (χ2v) is 8.09. The summed E-state index contributed by atoms with van der Waals surface area (Å²) in [7, 11) is 3.05. The highest BCUT2D eigenvalue weighted by Gasteiger charge is 2.44. The number of hydrogen-bond donors (Lipinski definition) is 3. The van der Waals surface area contributed by atoms with E-state index in [9.17, 15) is 18.0 Å². The number of allylic oxidation sites excluding steroid dienone is 2. The number of halogens is 3. The molecule has 2 aliphatic carbocycles. The quantitative estimate of drug-likeness (QED) is 0.582. The minimum absolute atomic E-state index is 0.00398. The third-order valence-corrected chi connectivity index (χ3v) is 5.79. The molecule has 1 saturated carbocycles. The Morgan fingerprint density at radius 1 is 1.22 bits per heavy atom. The summed E-state index contributed by atoms with van der Waals surface area (Å²) in [5, 5.41) is 8.87. The van der Waals surface area contributed by atoms with Gasteiger partial charge in [0, 0.05) is 31.5 Å². The van der Waals surface area contributed by atoms with E-state index in [1.54, 1.807) is 14.0 Å². The Bertz CT molecular complexity index is 874. The van der Waals surface area contributed by atoms with Gasteiger partial charge in [0.1, 0.15) is 11.6 Å². The standard InChI is InChI=1S/C21H29F3N6O2/c1-12-27-19(25-2)30-20(28-12)29-15-6-4-5-13(9-15)18(31)26-11-14-7-8-16(32-3)10-17(14)21(22,23)24/h7-8,10,13-15,17H,4-6,9,11H2,1-3H3,(H,26,31)(H2,25,27,28,29,30)/t13-,14-,15+,17?/m1/s1. The van der Waals surface area contributed by atoms with Crippen LogP contribution in [0.1, 0.15) is 31.5 Å². The van der Waals surface area contributed by atoms with Crippen LogP contribution in [0.15, 0.2) is 24.0 Å². The van der Waals surface area contributed by atoms with Crippen molar-refractivity contribution in [3.05, 3.63) is 29.8 Å². The van der Waals surface area contributed by atoms with Gasteiger partial charge in [-0.15, -0.1) is 0 Å². The van der Waals surface area contributed by atoms with Crippen molar-refractivity contribution in [1.82, 2.24) is 20.3 Å². The smallest absolute Gasteiger partial charge is 0.395 e. The number of anilines is 2. The number of rotatable bonds is 7. The second kappa shape index (κ2) is 10.2. The largest absolute Gasteiger partial charge is 0.497 e. The van der Waals surface area contributed by atoms with Crippen molar-refractivity contribution >= 4 is 17.8 Å². The second-order valence-electron chi connectivity index (χ2n) is 8.09. The molecule has 0 bridgehead atoms. The Balaban J connectivity index is 1.57. The Kier molecular flexibility index (Phi) is 7.57. The van der Waals surface area contributed by atoms with E-state index >= 15 is 0 Å². The summed E-state index contributed by atoms with van der Waals surface area (Å²) in [6, 6.07) is -0.00398. The van der Waals surface area contributed by atoms with Crippen LogP contribution in [0.3, 0.4) is 0 Å². The van der Waals surface area contributed by atoms with Crippen molar-refractivity contribution in [3.8, 4) is 0 Å². The van der Waals surface area contributed by atoms with Gasteiger partial charge in [-0.2, -0.15) is 28.1 Å². The van der Waals surface area contributed by atoms with Crippen LogP contribution in [0.4, 0.5) is 25.1 Å². The minimum atomic E-state index is -4.42. The molecule has 2 aliphatic rings. The topological polar surface area (TPSA) is 101 Å². The first-order valence-corrected chi connectivity index (χ1v) is 10.6.